The first-order valence-corrected chi connectivity index (χ1v) is 8.74. The van der Waals surface area contributed by atoms with Crippen LogP contribution in [0.4, 0.5) is 13.2 Å². The minimum atomic E-state index is -4.29. The molecule has 0 radical (unpaired) electrons. The Morgan fingerprint density at radius 2 is 1.72 bits per heavy atom. The van der Waals surface area contributed by atoms with E-state index in [0.717, 1.165) is 4.70 Å². The van der Waals surface area contributed by atoms with Gasteiger partial charge in [-0.1, -0.05) is 42.5 Å². The van der Waals surface area contributed by atoms with E-state index in [1.165, 1.54) is 11.3 Å². The molecule has 3 rings (SSSR count). The van der Waals surface area contributed by atoms with Crippen LogP contribution in [0.2, 0.25) is 0 Å². The lowest BCUT2D eigenvalue weighted by Crippen LogP contribution is -2.15. The molecule has 1 aromatic heterocycles. The van der Waals surface area contributed by atoms with E-state index in [-0.39, 0.29) is 18.6 Å². The number of ketones is 1. The standard InChI is InChI=1S/C19H16F3NOS/c20-19(21,22)12-14(10-11-16(24)13-6-2-1-3-7-13)18-23-15-8-4-5-9-17(15)25-18/h1-9,14H,10-12H2. The summed E-state index contributed by atoms with van der Waals surface area (Å²) in [4.78, 5) is 16.6. The minimum absolute atomic E-state index is 0.0701. The van der Waals surface area contributed by atoms with Crippen molar-refractivity contribution < 1.29 is 18.0 Å². The molecule has 0 bridgehead atoms. The Labute approximate surface area is 147 Å². The molecule has 1 unspecified atom stereocenters. The van der Waals surface area contributed by atoms with Crippen LogP contribution < -0.4 is 0 Å². The highest BCUT2D eigenvalue weighted by Crippen LogP contribution is 2.38. The van der Waals surface area contributed by atoms with E-state index in [4.69, 9.17) is 0 Å². The second-order valence-electron chi connectivity index (χ2n) is 5.86. The van der Waals surface area contributed by atoms with Crippen LogP contribution in [0, 0.1) is 0 Å². The molecule has 1 heterocycles. The van der Waals surface area contributed by atoms with Gasteiger partial charge in [-0.3, -0.25) is 4.79 Å². The number of fused-ring (bicyclic) bond motifs is 1. The highest BCUT2D eigenvalue weighted by atomic mass is 32.1. The fourth-order valence-electron chi connectivity index (χ4n) is 2.73. The van der Waals surface area contributed by atoms with Crippen molar-refractivity contribution in [3.63, 3.8) is 0 Å². The second kappa shape index (κ2) is 7.35. The lowest BCUT2D eigenvalue weighted by molar-refractivity contribution is -0.139. The van der Waals surface area contributed by atoms with Crippen molar-refractivity contribution in [2.24, 2.45) is 0 Å². The van der Waals surface area contributed by atoms with E-state index in [2.05, 4.69) is 4.98 Å². The van der Waals surface area contributed by atoms with Crippen molar-refractivity contribution in [1.29, 1.82) is 0 Å². The van der Waals surface area contributed by atoms with Gasteiger partial charge in [0.15, 0.2) is 5.78 Å². The molecule has 3 aromatic rings. The Morgan fingerprint density at radius 1 is 1.04 bits per heavy atom. The topological polar surface area (TPSA) is 30.0 Å². The van der Waals surface area contributed by atoms with Gasteiger partial charge in [0, 0.05) is 17.9 Å². The number of benzene rings is 2. The number of halogens is 3. The molecule has 130 valence electrons. The van der Waals surface area contributed by atoms with Crippen LogP contribution in [0.5, 0.6) is 0 Å². The number of hydrogen-bond donors (Lipinski definition) is 0. The average molecular weight is 363 g/mol. The molecule has 0 aliphatic carbocycles. The fourth-order valence-corrected chi connectivity index (χ4v) is 3.83. The summed E-state index contributed by atoms with van der Waals surface area (Å²) >= 11 is 1.27. The quantitative estimate of drug-likeness (QED) is 0.503. The first kappa shape index (κ1) is 17.6. The van der Waals surface area contributed by atoms with Gasteiger partial charge >= 0.3 is 6.18 Å². The summed E-state index contributed by atoms with van der Waals surface area (Å²) in [5, 5.41) is 0.444. The van der Waals surface area contributed by atoms with Gasteiger partial charge in [-0.2, -0.15) is 13.2 Å². The average Bonchev–Trinajstić information content (AvgIpc) is 3.02. The van der Waals surface area contributed by atoms with Crippen molar-refractivity contribution in [3.05, 3.63) is 65.2 Å². The maximum absolute atomic E-state index is 13.0. The summed E-state index contributed by atoms with van der Waals surface area (Å²) in [6.07, 6.45) is -5.05. The summed E-state index contributed by atoms with van der Waals surface area (Å²) in [6, 6.07) is 15.9. The summed E-state index contributed by atoms with van der Waals surface area (Å²) < 4.78 is 39.8. The Morgan fingerprint density at radius 3 is 2.40 bits per heavy atom. The third kappa shape index (κ3) is 4.66. The second-order valence-corrected chi connectivity index (χ2v) is 6.93. The lowest BCUT2D eigenvalue weighted by atomic mass is 9.96. The van der Waals surface area contributed by atoms with Crippen LogP contribution in [0.1, 0.15) is 40.5 Å². The van der Waals surface area contributed by atoms with Crippen molar-refractivity contribution in [2.45, 2.75) is 31.4 Å². The van der Waals surface area contributed by atoms with E-state index in [1.807, 2.05) is 18.2 Å². The molecule has 0 saturated heterocycles. The van der Waals surface area contributed by atoms with Crippen molar-refractivity contribution in [2.75, 3.05) is 0 Å². The molecule has 0 amide bonds. The summed E-state index contributed by atoms with van der Waals surface area (Å²) in [7, 11) is 0. The number of Topliss-reactive ketones (excluding diaryl/α,β-unsaturated/α-hetero) is 1. The van der Waals surface area contributed by atoms with Crippen molar-refractivity contribution in [3.8, 4) is 0 Å². The van der Waals surface area contributed by atoms with Crippen LogP contribution >= 0.6 is 11.3 Å². The Hall–Kier alpha value is -2.21. The molecular weight excluding hydrogens is 347 g/mol. The van der Waals surface area contributed by atoms with Gasteiger partial charge in [0.25, 0.3) is 0 Å². The Bertz CT molecular complexity index is 825. The van der Waals surface area contributed by atoms with Gasteiger partial charge < -0.3 is 0 Å². The number of para-hydroxylation sites is 1. The molecule has 25 heavy (non-hydrogen) atoms. The number of rotatable bonds is 6. The van der Waals surface area contributed by atoms with Crippen molar-refractivity contribution >= 4 is 27.3 Å². The molecule has 2 aromatic carbocycles. The summed E-state index contributed by atoms with van der Waals surface area (Å²) in [5.74, 6) is -0.945. The molecule has 0 spiro atoms. The number of thiazole rings is 1. The molecule has 2 nitrogen and oxygen atoms in total. The van der Waals surface area contributed by atoms with Gasteiger partial charge in [-0.15, -0.1) is 11.3 Å². The van der Waals surface area contributed by atoms with Crippen LogP contribution in [0.15, 0.2) is 54.6 Å². The van der Waals surface area contributed by atoms with E-state index in [9.17, 15) is 18.0 Å². The molecule has 6 heteroatoms. The molecule has 0 saturated carbocycles. The fraction of sp³-hybridized carbons (Fsp3) is 0.263. The normalized spacial score (nSPS) is 13.1. The number of nitrogens with zero attached hydrogens (tertiary/aromatic N) is 1. The van der Waals surface area contributed by atoms with Gasteiger partial charge in [0.1, 0.15) is 0 Å². The Kier molecular flexibility index (Phi) is 5.18. The zero-order chi connectivity index (χ0) is 17.9. The largest absolute Gasteiger partial charge is 0.389 e. The summed E-state index contributed by atoms with van der Waals surface area (Å²) in [6.45, 7) is 0. The number of carbonyl (C=O) groups excluding carboxylic acids is 1. The molecule has 0 N–H and O–H groups in total. The van der Waals surface area contributed by atoms with Crippen LogP contribution in [0.3, 0.4) is 0 Å². The number of carbonyl (C=O) groups is 1. The summed E-state index contributed by atoms with van der Waals surface area (Å²) in [5.41, 5.74) is 1.22. The van der Waals surface area contributed by atoms with E-state index >= 15 is 0 Å². The smallest absolute Gasteiger partial charge is 0.294 e. The molecular formula is C19H16F3NOS. The molecule has 1 atom stereocenters. The van der Waals surface area contributed by atoms with E-state index < -0.39 is 18.5 Å². The first-order valence-electron chi connectivity index (χ1n) is 7.93. The zero-order valence-corrected chi connectivity index (χ0v) is 14.1. The zero-order valence-electron chi connectivity index (χ0n) is 13.3. The highest BCUT2D eigenvalue weighted by Gasteiger charge is 2.34. The number of hydrogen-bond acceptors (Lipinski definition) is 3. The Balaban J connectivity index is 1.78. The first-order chi connectivity index (χ1) is 11.9. The third-order valence-electron chi connectivity index (χ3n) is 3.95. The number of alkyl halides is 3. The minimum Gasteiger partial charge on any atom is -0.294 e. The van der Waals surface area contributed by atoms with Crippen LogP contribution in [0.25, 0.3) is 10.2 Å². The highest BCUT2D eigenvalue weighted by molar-refractivity contribution is 7.18. The van der Waals surface area contributed by atoms with Crippen molar-refractivity contribution in [1.82, 2.24) is 4.98 Å². The van der Waals surface area contributed by atoms with Crippen LogP contribution in [-0.2, 0) is 0 Å². The van der Waals surface area contributed by atoms with Gasteiger partial charge in [0.05, 0.1) is 21.6 Å². The van der Waals surface area contributed by atoms with E-state index in [1.54, 1.807) is 36.4 Å². The molecule has 0 aliphatic heterocycles. The SMILES string of the molecule is O=C(CCC(CC(F)(F)F)c1nc2ccccc2s1)c1ccccc1. The number of aromatic nitrogens is 1. The maximum Gasteiger partial charge on any atom is 0.389 e. The van der Waals surface area contributed by atoms with Crippen LogP contribution in [-0.4, -0.2) is 16.9 Å². The predicted octanol–water partition coefficient (Wildman–Crippen LogP) is 6.00. The van der Waals surface area contributed by atoms with Gasteiger partial charge in [0.2, 0.25) is 0 Å². The van der Waals surface area contributed by atoms with Gasteiger partial charge in [-0.05, 0) is 18.6 Å². The van der Waals surface area contributed by atoms with E-state index in [0.29, 0.717) is 16.1 Å². The third-order valence-corrected chi connectivity index (χ3v) is 5.15. The lowest BCUT2D eigenvalue weighted by Gasteiger charge is -2.16. The molecule has 0 aliphatic rings. The monoisotopic (exact) mass is 363 g/mol. The predicted molar refractivity (Wildman–Crippen MR) is 93.0 cm³/mol. The molecule has 0 fully saturated rings. The van der Waals surface area contributed by atoms with Gasteiger partial charge in [-0.25, -0.2) is 4.98 Å². The maximum atomic E-state index is 13.0.